The number of hydrogen-bond acceptors (Lipinski definition) is 5. The molecule has 154 valence electrons. The Labute approximate surface area is 176 Å². The highest BCUT2D eigenvalue weighted by atomic mass is 16.5. The number of aromatic nitrogens is 2. The number of rotatable bonds is 0. The van der Waals surface area contributed by atoms with Crippen LogP contribution in [0.5, 0.6) is 0 Å². The molecule has 1 amide bonds. The number of aryl methyl sites for hydroxylation is 2. The predicted molar refractivity (Wildman–Crippen MR) is 118 cm³/mol. The fourth-order valence-electron chi connectivity index (χ4n) is 3.51. The lowest BCUT2D eigenvalue weighted by molar-refractivity contribution is 0.0945. The van der Waals surface area contributed by atoms with Crippen LogP contribution in [0.15, 0.2) is 48.7 Å². The first kappa shape index (κ1) is 20.0. The van der Waals surface area contributed by atoms with Crippen molar-refractivity contribution in [3.05, 3.63) is 70.9 Å². The minimum absolute atomic E-state index is 0.0554. The van der Waals surface area contributed by atoms with E-state index in [-0.39, 0.29) is 5.91 Å². The minimum atomic E-state index is -0.0554. The van der Waals surface area contributed by atoms with Crippen LogP contribution in [0.1, 0.15) is 39.9 Å². The van der Waals surface area contributed by atoms with Crippen LogP contribution >= 0.6 is 0 Å². The van der Waals surface area contributed by atoms with Crippen molar-refractivity contribution in [1.29, 1.82) is 0 Å². The van der Waals surface area contributed by atoms with Crippen molar-refractivity contribution >= 4 is 17.5 Å². The Hall–Kier alpha value is -3.25. The Morgan fingerprint density at radius 1 is 1.00 bits per heavy atom. The number of nitrogens with one attached hydrogen (secondary N) is 2. The molecule has 0 spiro atoms. The third kappa shape index (κ3) is 4.66. The van der Waals surface area contributed by atoms with Crippen LogP contribution in [0, 0.1) is 13.8 Å². The average molecular weight is 402 g/mol. The van der Waals surface area contributed by atoms with Crippen molar-refractivity contribution in [3.8, 4) is 11.3 Å². The van der Waals surface area contributed by atoms with E-state index in [1.54, 1.807) is 6.20 Å². The molecule has 6 heteroatoms. The standard InChI is InChI=1S/C24H26N4O2/c1-16-5-7-20-14-19(16)15-30-12-4-3-10-25-23(29)18-6-8-21(17(2)13-18)22-9-11-26-24(27-20)28-22/h5-9,11,13-14H,3-4,10,12,15H2,1-2H3,(H,25,29)(H,26,27,28). The molecular weight excluding hydrogens is 376 g/mol. The first-order chi connectivity index (χ1) is 14.6. The summed E-state index contributed by atoms with van der Waals surface area (Å²) in [7, 11) is 0. The van der Waals surface area contributed by atoms with Crippen molar-refractivity contribution in [2.24, 2.45) is 0 Å². The van der Waals surface area contributed by atoms with Gasteiger partial charge in [-0.15, -0.1) is 0 Å². The van der Waals surface area contributed by atoms with E-state index in [2.05, 4.69) is 39.7 Å². The molecule has 0 unspecified atom stereocenters. The highest BCUT2D eigenvalue weighted by Gasteiger charge is 2.11. The van der Waals surface area contributed by atoms with Crippen LogP contribution in [-0.4, -0.2) is 29.0 Å². The molecule has 0 atom stereocenters. The van der Waals surface area contributed by atoms with Gasteiger partial charge in [-0.05, 0) is 73.7 Å². The molecule has 2 aliphatic rings. The second-order valence-corrected chi connectivity index (χ2v) is 7.58. The molecule has 0 saturated carbocycles. The molecule has 0 aliphatic carbocycles. The highest BCUT2D eigenvalue weighted by molar-refractivity contribution is 5.95. The average Bonchev–Trinajstić information content (AvgIpc) is 2.74. The molecule has 3 aromatic rings. The summed E-state index contributed by atoms with van der Waals surface area (Å²) in [5.41, 5.74) is 6.69. The van der Waals surface area contributed by atoms with Crippen molar-refractivity contribution in [2.45, 2.75) is 33.3 Å². The number of anilines is 2. The number of hydrogen-bond donors (Lipinski definition) is 2. The van der Waals surface area contributed by atoms with Crippen LogP contribution in [0.3, 0.4) is 0 Å². The molecule has 2 aromatic carbocycles. The van der Waals surface area contributed by atoms with Gasteiger partial charge in [0.25, 0.3) is 5.91 Å². The molecular formula is C24H26N4O2. The van der Waals surface area contributed by atoms with Gasteiger partial charge >= 0.3 is 0 Å². The van der Waals surface area contributed by atoms with Crippen LogP contribution < -0.4 is 10.6 Å². The monoisotopic (exact) mass is 402 g/mol. The first-order valence-electron chi connectivity index (χ1n) is 10.3. The van der Waals surface area contributed by atoms with Crippen LogP contribution in [0.25, 0.3) is 11.3 Å². The lowest BCUT2D eigenvalue weighted by Gasteiger charge is -2.12. The van der Waals surface area contributed by atoms with E-state index in [9.17, 15) is 4.79 Å². The molecule has 5 rings (SSSR count). The summed E-state index contributed by atoms with van der Waals surface area (Å²) in [4.78, 5) is 21.5. The summed E-state index contributed by atoms with van der Waals surface area (Å²) in [5.74, 6) is 0.475. The smallest absolute Gasteiger partial charge is 0.251 e. The molecule has 30 heavy (non-hydrogen) atoms. The van der Waals surface area contributed by atoms with Crippen molar-refractivity contribution in [3.63, 3.8) is 0 Å². The van der Waals surface area contributed by atoms with Gasteiger partial charge in [0.15, 0.2) is 0 Å². The molecule has 3 heterocycles. The molecule has 0 radical (unpaired) electrons. The summed E-state index contributed by atoms with van der Waals surface area (Å²) >= 11 is 0. The number of ether oxygens (including phenoxy) is 1. The highest BCUT2D eigenvalue weighted by Crippen LogP contribution is 2.25. The zero-order valence-corrected chi connectivity index (χ0v) is 17.4. The van der Waals surface area contributed by atoms with Gasteiger partial charge in [-0.2, -0.15) is 0 Å². The zero-order valence-electron chi connectivity index (χ0n) is 17.4. The summed E-state index contributed by atoms with van der Waals surface area (Å²) < 4.78 is 5.85. The fourth-order valence-corrected chi connectivity index (χ4v) is 3.51. The van der Waals surface area contributed by atoms with E-state index in [1.165, 1.54) is 5.56 Å². The third-order valence-corrected chi connectivity index (χ3v) is 5.28. The van der Waals surface area contributed by atoms with E-state index < -0.39 is 0 Å². The summed E-state index contributed by atoms with van der Waals surface area (Å²) in [5, 5.41) is 6.29. The lowest BCUT2D eigenvalue weighted by atomic mass is 10.0. The van der Waals surface area contributed by atoms with E-state index in [0.29, 0.717) is 31.3 Å². The lowest BCUT2D eigenvalue weighted by Crippen LogP contribution is -2.24. The Balaban J connectivity index is 1.69. The van der Waals surface area contributed by atoms with E-state index in [4.69, 9.17) is 4.74 Å². The molecule has 0 fully saturated rings. The van der Waals surface area contributed by atoms with Gasteiger partial charge in [0.2, 0.25) is 5.95 Å². The van der Waals surface area contributed by atoms with Gasteiger partial charge in [-0.25, -0.2) is 9.97 Å². The van der Waals surface area contributed by atoms with Gasteiger partial charge < -0.3 is 15.4 Å². The topological polar surface area (TPSA) is 76.1 Å². The predicted octanol–water partition coefficient (Wildman–Crippen LogP) is 4.54. The molecule has 2 N–H and O–H groups in total. The second-order valence-electron chi connectivity index (χ2n) is 7.58. The molecule has 2 aliphatic heterocycles. The Kier molecular flexibility index (Phi) is 6.05. The van der Waals surface area contributed by atoms with E-state index >= 15 is 0 Å². The van der Waals surface area contributed by atoms with Crippen LogP contribution in [0.4, 0.5) is 11.6 Å². The van der Waals surface area contributed by atoms with Gasteiger partial charge in [0.1, 0.15) is 0 Å². The Bertz CT molecular complexity index is 1060. The minimum Gasteiger partial charge on any atom is -0.377 e. The normalized spacial score (nSPS) is 14.8. The van der Waals surface area contributed by atoms with Crippen LogP contribution in [0.2, 0.25) is 0 Å². The maximum atomic E-state index is 12.5. The Morgan fingerprint density at radius 2 is 1.90 bits per heavy atom. The van der Waals surface area contributed by atoms with Crippen molar-refractivity contribution < 1.29 is 9.53 Å². The molecule has 6 nitrogen and oxygen atoms in total. The maximum absolute atomic E-state index is 12.5. The molecule has 6 bridgehead atoms. The second kappa shape index (κ2) is 9.05. The van der Waals surface area contributed by atoms with Crippen molar-refractivity contribution in [2.75, 3.05) is 18.5 Å². The van der Waals surface area contributed by atoms with Gasteiger partial charge in [0, 0.05) is 36.2 Å². The van der Waals surface area contributed by atoms with Gasteiger partial charge in [-0.3, -0.25) is 4.79 Å². The number of amides is 1. The third-order valence-electron chi connectivity index (χ3n) is 5.28. The number of benzene rings is 2. The van der Waals surface area contributed by atoms with E-state index in [1.807, 2.05) is 37.3 Å². The summed E-state index contributed by atoms with van der Waals surface area (Å²) in [6.45, 7) is 5.92. The van der Waals surface area contributed by atoms with Crippen LogP contribution in [-0.2, 0) is 11.3 Å². The number of fused-ring (bicyclic) bond motifs is 9. The van der Waals surface area contributed by atoms with Gasteiger partial charge in [-0.1, -0.05) is 12.1 Å². The first-order valence-corrected chi connectivity index (χ1v) is 10.3. The van der Waals surface area contributed by atoms with Gasteiger partial charge in [0.05, 0.1) is 12.3 Å². The summed E-state index contributed by atoms with van der Waals surface area (Å²) in [6, 6.07) is 13.8. The van der Waals surface area contributed by atoms with Crippen molar-refractivity contribution in [1.82, 2.24) is 15.3 Å². The maximum Gasteiger partial charge on any atom is 0.251 e. The number of carbonyl (C=O) groups excluding carboxylic acids is 1. The van der Waals surface area contributed by atoms with E-state index in [0.717, 1.165) is 40.9 Å². The largest absolute Gasteiger partial charge is 0.377 e. The summed E-state index contributed by atoms with van der Waals surface area (Å²) in [6.07, 6.45) is 3.52. The SMILES string of the molecule is Cc1ccc2cc1COCCCCNC(=O)c1ccc(c(C)c1)-c1ccnc(n1)N2. The fraction of sp³-hybridized carbons (Fsp3) is 0.292. The zero-order chi connectivity index (χ0) is 20.9. The molecule has 1 aromatic heterocycles. The molecule has 0 saturated heterocycles. The Morgan fingerprint density at radius 3 is 2.77 bits per heavy atom. The number of carbonyl (C=O) groups is 1. The quantitative estimate of drug-likeness (QED) is 0.577. The number of nitrogens with zero attached hydrogens (tertiary/aromatic N) is 2.